The summed E-state index contributed by atoms with van der Waals surface area (Å²) in [7, 11) is 1.55. The highest BCUT2D eigenvalue weighted by atomic mass is 79.9. The molecule has 0 bridgehead atoms. The van der Waals surface area contributed by atoms with E-state index < -0.39 is 0 Å². The number of rotatable bonds is 6. The van der Waals surface area contributed by atoms with Crippen LogP contribution in [0.25, 0.3) is 0 Å². The van der Waals surface area contributed by atoms with E-state index in [1.165, 1.54) is 0 Å². The van der Waals surface area contributed by atoms with Crippen LogP contribution in [0.1, 0.15) is 37.0 Å². The van der Waals surface area contributed by atoms with E-state index in [0.717, 1.165) is 17.3 Å². The number of nitrogens with two attached hydrogens (primary N) is 1. The fourth-order valence-electron chi connectivity index (χ4n) is 1.70. The van der Waals surface area contributed by atoms with Crippen molar-refractivity contribution >= 4 is 21.8 Å². The van der Waals surface area contributed by atoms with Gasteiger partial charge in [0.25, 0.3) is 5.91 Å². The quantitative estimate of drug-likeness (QED) is 0.843. The van der Waals surface area contributed by atoms with Crippen molar-refractivity contribution in [2.75, 3.05) is 13.7 Å². The molecule has 106 valence electrons. The van der Waals surface area contributed by atoms with Crippen LogP contribution in [0, 0.1) is 0 Å². The first-order valence-corrected chi connectivity index (χ1v) is 7.15. The number of carbonyl (C=O) groups excluding carboxylic acids is 1. The molecule has 0 saturated heterocycles. The first-order chi connectivity index (χ1) is 8.95. The first kappa shape index (κ1) is 16.0. The van der Waals surface area contributed by atoms with Gasteiger partial charge in [0.2, 0.25) is 0 Å². The fraction of sp³-hybridized carbons (Fsp3) is 0.500. The average Bonchev–Trinajstić information content (AvgIpc) is 2.44. The van der Waals surface area contributed by atoms with Gasteiger partial charge in [0.1, 0.15) is 5.75 Å². The van der Waals surface area contributed by atoms with Crippen LogP contribution in [-0.2, 0) is 0 Å². The lowest BCUT2D eigenvalue weighted by molar-refractivity contribution is 0.0939. The minimum atomic E-state index is -0.349. The molecule has 1 rings (SSSR count). The zero-order valence-corrected chi connectivity index (χ0v) is 13.2. The first-order valence-electron chi connectivity index (χ1n) is 6.36. The maximum absolute atomic E-state index is 12.2. The zero-order chi connectivity index (χ0) is 14.5. The Balaban J connectivity index is 2.79. The predicted octanol–water partition coefficient (Wildman–Crippen LogP) is 2.71. The van der Waals surface area contributed by atoms with Crippen LogP contribution in [0.4, 0.5) is 0 Å². The summed E-state index contributed by atoms with van der Waals surface area (Å²) in [5.41, 5.74) is 6.33. The Morgan fingerprint density at radius 1 is 1.42 bits per heavy atom. The van der Waals surface area contributed by atoms with Crippen LogP contribution in [0.3, 0.4) is 0 Å². The van der Waals surface area contributed by atoms with Gasteiger partial charge in [-0.15, -0.1) is 0 Å². The number of nitrogens with one attached hydrogen (secondary N) is 1. The molecule has 0 heterocycles. The van der Waals surface area contributed by atoms with E-state index >= 15 is 0 Å². The number of hydrogen-bond acceptors (Lipinski definition) is 3. The molecule has 19 heavy (non-hydrogen) atoms. The molecule has 0 saturated carbocycles. The number of benzene rings is 1. The third kappa shape index (κ3) is 4.21. The third-order valence-electron chi connectivity index (χ3n) is 3.42. The van der Waals surface area contributed by atoms with Crippen molar-refractivity contribution in [2.24, 2.45) is 5.73 Å². The second-order valence-corrected chi connectivity index (χ2v) is 5.51. The van der Waals surface area contributed by atoms with Crippen LogP contribution < -0.4 is 15.8 Å². The molecule has 0 aliphatic carbocycles. The highest BCUT2D eigenvalue weighted by Crippen LogP contribution is 2.23. The number of hydrogen-bond donors (Lipinski definition) is 2. The van der Waals surface area contributed by atoms with E-state index in [0.29, 0.717) is 17.9 Å². The van der Waals surface area contributed by atoms with Crippen molar-refractivity contribution in [2.45, 2.75) is 32.2 Å². The summed E-state index contributed by atoms with van der Waals surface area (Å²) in [5, 5.41) is 2.88. The highest BCUT2D eigenvalue weighted by Gasteiger charge is 2.22. The van der Waals surface area contributed by atoms with Gasteiger partial charge in [-0.05, 0) is 31.0 Å². The Kier molecular flexibility index (Phi) is 5.82. The Morgan fingerprint density at radius 3 is 2.58 bits per heavy atom. The molecular weight excluding hydrogens is 308 g/mol. The summed E-state index contributed by atoms with van der Waals surface area (Å²) in [4.78, 5) is 12.2. The molecule has 0 spiro atoms. The molecule has 0 aromatic heterocycles. The molecule has 0 aliphatic rings. The van der Waals surface area contributed by atoms with Crippen LogP contribution in [0.5, 0.6) is 5.75 Å². The van der Waals surface area contributed by atoms with Gasteiger partial charge in [-0.3, -0.25) is 4.79 Å². The van der Waals surface area contributed by atoms with Gasteiger partial charge in [0.05, 0.1) is 12.7 Å². The smallest absolute Gasteiger partial charge is 0.255 e. The molecule has 4 nitrogen and oxygen atoms in total. The molecule has 0 aliphatic heterocycles. The van der Waals surface area contributed by atoms with Gasteiger partial charge in [-0.2, -0.15) is 0 Å². The van der Waals surface area contributed by atoms with Crippen LogP contribution in [0.15, 0.2) is 22.7 Å². The molecule has 0 unspecified atom stereocenters. The van der Waals surface area contributed by atoms with Crippen molar-refractivity contribution in [3.8, 4) is 5.75 Å². The monoisotopic (exact) mass is 328 g/mol. The Labute approximate surface area is 122 Å². The number of ether oxygens (including phenoxy) is 1. The highest BCUT2D eigenvalue weighted by molar-refractivity contribution is 9.10. The molecule has 0 fully saturated rings. The summed E-state index contributed by atoms with van der Waals surface area (Å²) in [6.45, 7) is 4.50. The predicted molar refractivity (Wildman–Crippen MR) is 80.5 cm³/mol. The van der Waals surface area contributed by atoms with Gasteiger partial charge in [0.15, 0.2) is 0 Å². The molecule has 0 radical (unpaired) electrons. The van der Waals surface area contributed by atoms with E-state index in [9.17, 15) is 4.79 Å². The van der Waals surface area contributed by atoms with Crippen molar-refractivity contribution in [1.29, 1.82) is 0 Å². The number of carbonyl (C=O) groups is 1. The Morgan fingerprint density at radius 2 is 2.05 bits per heavy atom. The molecule has 3 N–H and O–H groups in total. The lowest BCUT2D eigenvalue weighted by atomic mass is 9.94. The second kappa shape index (κ2) is 6.91. The lowest BCUT2D eigenvalue weighted by Gasteiger charge is -2.26. The van der Waals surface area contributed by atoms with Gasteiger partial charge in [0, 0.05) is 16.6 Å². The van der Waals surface area contributed by atoms with E-state index in [-0.39, 0.29) is 11.4 Å². The molecule has 5 heteroatoms. The lowest BCUT2D eigenvalue weighted by Crippen LogP contribution is -2.49. The number of amides is 1. The van der Waals surface area contributed by atoms with Crippen LogP contribution in [0.2, 0.25) is 0 Å². The molecule has 1 aromatic rings. The Bertz CT molecular complexity index is 445. The Hall–Kier alpha value is -1.07. The number of methoxy groups -OCH3 is 1. The van der Waals surface area contributed by atoms with E-state index in [4.69, 9.17) is 10.5 Å². The fourth-order valence-corrected chi connectivity index (χ4v) is 2.04. The van der Waals surface area contributed by atoms with Crippen LogP contribution in [-0.4, -0.2) is 25.1 Å². The van der Waals surface area contributed by atoms with Crippen LogP contribution >= 0.6 is 15.9 Å². The van der Waals surface area contributed by atoms with Gasteiger partial charge >= 0.3 is 0 Å². The van der Waals surface area contributed by atoms with Crippen molar-refractivity contribution < 1.29 is 9.53 Å². The molecule has 1 amide bonds. The van der Waals surface area contributed by atoms with Crippen molar-refractivity contribution in [3.63, 3.8) is 0 Å². The summed E-state index contributed by atoms with van der Waals surface area (Å²) < 4.78 is 6.08. The maximum atomic E-state index is 12.2. The SMILES string of the molecule is CCC(N)(CC)CNC(=O)c1ccc(Br)cc1OC. The van der Waals surface area contributed by atoms with Gasteiger partial charge in [-0.25, -0.2) is 0 Å². The van der Waals surface area contributed by atoms with E-state index in [2.05, 4.69) is 21.2 Å². The second-order valence-electron chi connectivity index (χ2n) is 4.60. The summed E-state index contributed by atoms with van der Waals surface area (Å²) in [5.74, 6) is 0.378. The molecular formula is C14H21BrN2O2. The van der Waals surface area contributed by atoms with Crippen molar-refractivity contribution in [3.05, 3.63) is 28.2 Å². The minimum Gasteiger partial charge on any atom is -0.496 e. The topological polar surface area (TPSA) is 64.3 Å². The van der Waals surface area contributed by atoms with Gasteiger partial charge < -0.3 is 15.8 Å². The third-order valence-corrected chi connectivity index (χ3v) is 3.91. The minimum absolute atomic E-state index is 0.166. The number of halogens is 1. The molecule has 1 aromatic carbocycles. The van der Waals surface area contributed by atoms with E-state index in [1.54, 1.807) is 19.2 Å². The average molecular weight is 329 g/mol. The van der Waals surface area contributed by atoms with Gasteiger partial charge in [-0.1, -0.05) is 29.8 Å². The largest absolute Gasteiger partial charge is 0.496 e. The normalized spacial score (nSPS) is 11.2. The maximum Gasteiger partial charge on any atom is 0.255 e. The summed E-state index contributed by atoms with van der Waals surface area (Å²) >= 11 is 3.35. The standard InChI is InChI=1S/C14H21BrN2O2/c1-4-14(16,5-2)9-17-13(18)11-7-6-10(15)8-12(11)19-3/h6-8H,4-5,9,16H2,1-3H3,(H,17,18). The summed E-state index contributed by atoms with van der Waals surface area (Å²) in [6, 6.07) is 5.31. The van der Waals surface area contributed by atoms with E-state index in [1.807, 2.05) is 19.9 Å². The zero-order valence-electron chi connectivity index (χ0n) is 11.6. The summed E-state index contributed by atoms with van der Waals surface area (Å²) in [6.07, 6.45) is 1.64. The molecule has 0 atom stereocenters. The van der Waals surface area contributed by atoms with Crippen molar-refractivity contribution in [1.82, 2.24) is 5.32 Å².